The maximum atomic E-state index is 12.9. The van der Waals surface area contributed by atoms with E-state index in [-0.39, 0.29) is 10.6 Å². The quantitative estimate of drug-likeness (QED) is 0.367. The number of thiazole rings is 1. The van der Waals surface area contributed by atoms with Gasteiger partial charge >= 0.3 is 0 Å². The molecule has 0 saturated carbocycles. The summed E-state index contributed by atoms with van der Waals surface area (Å²) in [6.45, 7) is 2.23. The van der Waals surface area contributed by atoms with Crippen LogP contribution in [0.1, 0.15) is 21.1 Å². The maximum absolute atomic E-state index is 12.9. The molecule has 0 unspecified atom stereocenters. The van der Waals surface area contributed by atoms with Gasteiger partial charge in [0.15, 0.2) is 0 Å². The minimum Gasteiger partial charge on any atom is -0.487 e. The number of aromatic nitrogens is 1. The molecule has 2 N–H and O–H groups in total. The lowest BCUT2D eigenvalue weighted by Crippen LogP contribution is -2.17. The first kappa shape index (κ1) is 22.5. The highest BCUT2D eigenvalue weighted by atomic mass is 32.2. The number of hydrogen-bond acceptors (Lipinski definition) is 6. The van der Waals surface area contributed by atoms with Crippen molar-refractivity contribution in [1.29, 1.82) is 0 Å². The summed E-state index contributed by atoms with van der Waals surface area (Å²) in [6, 6.07) is 21.4. The smallest absolute Gasteiger partial charge is 0.261 e. The Morgan fingerprint density at radius 1 is 0.970 bits per heavy atom. The van der Waals surface area contributed by atoms with Crippen LogP contribution in [0.4, 0.5) is 11.4 Å². The van der Waals surface area contributed by atoms with Crippen molar-refractivity contribution >= 4 is 38.6 Å². The van der Waals surface area contributed by atoms with Crippen LogP contribution in [0.15, 0.2) is 89.1 Å². The molecule has 4 aromatic rings. The molecule has 1 aromatic heterocycles. The number of carbonyl (C=O) groups is 1. The molecule has 0 saturated heterocycles. The summed E-state index contributed by atoms with van der Waals surface area (Å²) in [6.07, 6.45) is 0. The second kappa shape index (κ2) is 9.85. The number of sulfonamides is 1. The summed E-state index contributed by atoms with van der Waals surface area (Å²) in [4.78, 5) is 17.4. The molecule has 3 aromatic carbocycles. The minimum absolute atomic E-state index is 0.131. The summed E-state index contributed by atoms with van der Waals surface area (Å²) < 4.78 is 33.7. The Labute approximate surface area is 196 Å². The van der Waals surface area contributed by atoms with Crippen LogP contribution >= 0.6 is 11.3 Å². The van der Waals surface area contributed by atoms with Gasteiger partial charge in [0.05, 0.1) is 27.0 Å². The number of anilines is 2. The Bertz CT molecular complexity index is 1370. The molecule has 168 valence electrons. The van der Waals surface area contributed by atoms with Gasteiger partial charge in [-0.25, -0.2) is 13.4 Å². The summed E-state index contributed by atoms with van der Waals surface area (Å²) in [7, 11) is -3.80. The Morgan fingerprint density at radius 3 is 2.42 bits per heavy atom. The molecule has 0 fully saturated rings. The van der Waals surface area contributed by atoms with E-state index in [0.717, 1.165) is 10.7 Å². The largest absolute Gasteiger partial charge is 0.487 e. The van der Waals surface area contributed by atoms with E-state index in [9.17, 15) is 13.2 Å². The SMILES string of the molecule is Cc1nc(COc2cccc(C(=O)Nc3ccccc3NS(=O)(=O)c3ccccc3)c2)cs1. The van der Waals surface area contributed by atoms with Crippen molar-refractivity contribution in [3.8, 4) is 5.75 Å². The molecule has 4 rings (SSSR count). The van der Waals surface area contributed by atoms with Gasteiger partial charge in [-0.3, -0.25) is 9.52 Å². The van der Waals surface area contributed by atoms with Crippen LogP contribution < -0.4 is 14.8 Å². The number of benzene rings is 3. The fraction of sp³-hybridized carbons (Fsp3) is 0.0833. The molecule has 0 spiro atoms. The molecule has 0 radical (unpaired) electrons. The molecule has 0 bridgehead atoms. The first-order chi connectivity index (χ1) is 15.9. The molecule has 7 nitrogen and oxygen atoms in total. The van der Waals surface area contributed by atoms with Gasteiger partial charge in [-0.2, -0.15) is 0 Å². The summed E-state index contributed by atoms with van der Waals surface area (Å²) in [5.41, 5.74) is 1.81. The van der Waals surface area contributed by atoms with Crippen LogP contribution in [0, 0.1) is 6.92 Å². The highest BCUT2D eigenvalue weighted by Crippen LogP contribution is 2.25. The van der Waals surface area contributed by atoms with Gasteiger partial charge in [-0.1, -0.05) is 36.4 Å². The zero-order valence-electron chi connectivity index (χ0n) is 17.7. The van der Waals surface area contributed by atoms with E-state index in [1.54, 1.807) is 78.1 Å². The first-order valence-electron chi connectivity index (χ1n) is 10.0. The zero-order valence-corrected chi connectivity index (χ0v) is 19.3. The first-order valence-corrected chi connectivity index (χ1v) is 12.4. The number of ether oxygens (including phenoxy) is 1. The van der Waals surface area contributed by atoms with Crippen LogP contribution in [0.5, 0.6) is 5.75 Å². The van der Waals surface area contributed by atoms with Gasteiger partial charge in [0, 0.05) is 10.9 Å². The van der Waals surface area contributed by atoms with E-state index in [4.69, 9.17) is 4.74 Å². The van der Waals surface area contributed by atoms with Crippen LogP contribution in [0.2, 0.25) is 0 Å². The van der Waals surface area contributed by atoms with E-state index >= 15 is 0 Å². The van der Waals surface area contributed by atoms with Crippen molar-refractivity contribution in [3.05, 3.63) is 101 Å². The fourth-order valence-electron chi connectivity index (χ4n) is 3.04. The zero-order chi connectivity index (χ0) is 23.3. The molecule has 1 amide bonds. The average molecular weight is 480 g/mol. The lowest BCUT2D eigenvalue weighted by Gasteiger charge is -2.14. The topological polar surface area (TPSA) is 97.4 Å². The van der Waals surface area contributed by atoms with Gasteiger partial charge in [0.25, 0.3) is 15.9 Å². The van der Waals surface area contributed by atoms with Crippen molar-refractivity contribution in [1.82, 2.24) is 4.98 Å². The number of nitrogens with zero attached hydrogens (tertiary/aromatic N) is 1. The number of aryl methyl sites for hydroxylation is 1. The molecule has 0 aliphatic carbocycles. The predicted molar refractivity (Wildman–Crippen MR) is 129 cm³/mol. The van der Waals surface area contributed by atoms with Crippen LogP contribution in [-0.4, -0.2) is 19.3 Å². The molecular formula is C24H21N3O4S2. The number of carbonyl (C=O) groups excluding carboxylic acids is 1. The van der Waals surface area contributed by atoms with Crippen LogP contribution in [-0.2, 0) is 16.6 Å². The van der Waals surface area contributed by atoms with Crippen LogP contribution in [0.3, 0.4) is 0 Å². The van der Waals surface area contributed by atoms with E-state index < -0.39 is 15.9 Å². The fourth-order valence-corrected chi connectivity index (χ4v) is 4.74. The molecule has 33 heavy (non-hydrogen) atoms. The molecular weight excluding hydrogens is 458 g/mol. The Balaban J connectivity index is 1.48. The normalized spacial score (nSPS) is 11.1. The number of amides is 1. The van der Waals surface area contributed by atoms with Gasteiger partial charge in [-0.05, 0) is 49.4 Å². The Kier molecular flexibility index (Phi) is 6.71. The molecule has 0 aliphatic heterocycles. The van der Waals surface area contributed by atoms with Crippen molar-refractivity contribution < 1.29 is 17.9 Å². The van der Waals surface area contributed by atoms with Crippen molar-refractivity contribution in [2.24, 2.45) is 0 Å². The number of para-hydroxylation sites is 2. The Hall–Kier alpha value is -3.69. The summed E-state index contributed by atoms with van der Waals surface area (Å²) in [5, 5.41) is 5.66. The number of hydrogen-bond donors (Lipinski definition) is 2. The maximum Gasteiger partial charge on any atom is 0.261 e. The van der Waals surface area contributed by atoms with Crippen molar-refractivity contribution in [3.63, 3.8) is 0 Å². The molecule has 1 heterocycles. The van der Waals surface area contributed by atoms with E-state index in [1.165, 1.54) is 12.1 Å². The Morgan fingerprint density at radius 2 is 1.70 bits per heavy atom. The van der Waals surface area contributed by atoms with E-state index in [1.807, 2.05) is 12.3 Å². The second-order valence-electron chi connectivity index (χ2n) is 7.09. The summed E-state index contributed by atoms with van der Waals surface area (Å²) >= 11 is 1.55. The van der Waals surface area contributed by atoms with Crippen molar-refractivity contribution in [2.75, 3.05) is 10.0 Å². The third kappa shape index (κ3) is 5.76. The molecule has 0 aliphatic rings. The van der Waals surface area contributed by atoms with Gasteiger partial charge in [0.1, 0.15) is 12.4 Å². The third-order valence-electron chi connectivity index (χ3n) is 4.62. The second-order valence-corrected chi connectivity index (χ2v) is 9.84. The number of rotatable bonds is 8. The summed E-state index contributed by atoms with van der Waals surface area (Å²) in [5.74, 6) is 0.141. The standard InChI is InChI=1S/C24H21N3O4S2/c1-17-25-19(16-32-17)15-31-20-9-7-8-18(14-20)24(28)26-22-12-5-6-13-23(22)27-33(29,30)21-10-3-2-4-11-21/h2-14,16,27H,15H2,1H3,(H,26,28). The highest BCUT2D eigenvalue weighted by Gasteiger charge is 2.17. The van der Waals surface area contributed by atoms with Gasteiger partial charge in [-0.15, -0.1) is 11.3 Å². The van der Waals surface area contributed by atoms with Gasteiger partial charge in [0.2, 0.25) is 0 Å². The lowest BCUT2D eigenvalue weighted by atomic mass is 10.2. The molecule has 9 heteroatoms. The lowest BCUT2D eigenvalue weighted by molar-refractivity contribution is 0.102. The molecule has 0 atom stereocenters. The third-order valence-corrected chi connectivity index (χ3v) is 6.83. The predicted octanol–water partition coefficient (Wildman–Crippen LogP) is 5.08. The minimum atomic E-state index is -3.80. The van der Waals surface area contributed by atoms with E-state index in [2.05, 4.69) is 15.0 Å². The van der Waals surface area contributed by atoms with E-state index in [0.29, 0.717) is 23.6 Å². The highest BCUT2D eigenvalue weighted by molar-refractivity contribution is 7.92. The average Bonchev–Trinajstić information content (AvgIpc) is 3.24. The van der Waals surface area contributed by atoms with Gasteiger partial charge < -0.3 is 10.1 Å². The van der Waals surface area contributed by atoms with Crippen LogP contribution in [0.25, 0.3) is 0 Å². The number of nitrogens with one attached hydrogen (secondary N) is 2. The van der Waals surface area contributed by atoms with Crippen molar-refractivity contribution in [2.45, 2.75) is 18.4 Å². The monoisotopic (exact) mass is 479 g/mol.